The lowest BCUT2D eigenvalue weighted by molar-refractivity contribution is 0.196. The van der Waals surface area contributed by atoms with Crippen molar-refractivity contribution in [3.05, 3.63) is 29.8 Å². The molecule has 18 heavy (non-hydrogen) atoms. The molecule has 0 saturated carbocycles. The van der Waals surface area contributed by atoms with Gasteiger partial charge in [-0.2, -0.15) is 0 Å². The van der Waals surface area contributed by atoms with Crippen molar-refractivity contribution in [3.8, 4) is 0 Å². The Morgan fingerprint density at radius 1 is 1.06 bits per heavy atom. The fourth-order valence-corrected chi connectivity index (χ4v) is 3.05. The van der Waals surface area contributed by atoms with E-state index in [1.807, 2.05) is 0 Å². The first-order valence-corrected chi connectivity index (χ1v) is 7.09. The number of hydrogen-bond acceptors (Lipinski definition) is 3. The summed E-state index contributed by atoms with van der Waals surface area (Å²) in [5, 5.41) is 3.46. The molecule has 1 aromatic carbocycles. The minimum absolute atomic E-state index is 0.783. The van der Waals surface area contributed by atoms with Crippen molar-refractivity contribution in [2.75, 3.05) is 44.2 Å². The van der Waals surface area contributed by atoms with E-state index in [-0.39, 0.29) is 0 Å². The van der Waals surface area contributed by atoms with E-state index in [4.69, 9.17) is 0 Å². The molecule has 0 amide bonds. The molecule has 1 unspecified atom stereocenters. The molecule has 1 aromatic rings. The van der Waals surface area contributed by atoms with E-state index in [1.165, 1.54) is 56.9 Å². The van der Waals surface area contributed by atoms with Crippen molar-refractivity contribution in [3.63, 3.8) is 0 Å². The Morgan fingerprint density at radius 3 is 2.39 bits per heavy atom. The summed E-state index contributed by atoms with van der Waals surface area (Å²) >= 11 is 0. The minimum Gasteiger partial charge on any atom is -0.369 e. The molecule has 2 heterocycles. The molecule has 0 aromatic heterocycles. The molecule has 98 valence electrons. The molecule has 3 rings (SSSR count). The molecule has 0 bridgehead atoms. The van der Waals surface area contributed by atoms with Crippen molar-refractivity contribution in [1.29, 1.82) is 0 Å². The third-order valence-corrected chi connectivity index (χ3v) is 4.26. The van der Waals surface area contributed by atoms with Gasteiger partial charge in [0.25, 0.3) is 0 Å². The van der Waals surface area contributed by atoms with E-state index < -0.39 is 0 Å². The standard InChI is InChI=1S/C15H23N3/c1-13-2-4-14(5-3-13)17-8-10-18(11-9-17)15-6-7-16-12-15/h2-5,15-16H,6-12H2,1H3. The molecule has 2 fully saturated rings. The number of rotatable bonds is 2. The van der Waals surface area contributed by atoms with Crippen LogP contribution in [0.4, 0.5) is 5.69 Å². The summed E-state index contributed by atoms with van der Waals surface area (Å²) in [5.74, 6) is 0. The highest BCUT2D eigenvalue weighted by molar-refractivity contribution is 5.47. The van der Waals surface area contributed by atoms with Gasteiger partial charge in [0.15, 0.2) is 0 Å². The Morgan fingerprint density at radius 2 is 1.78 bits per heavy atom. The van der Waals surface area contributed by atoms with Crippen LogP contribution in [0.1, 0.15) is 12.0 Å². The van der Waals surface area contributed by atoms with Gasteiger partial charge in [-0.05, 0) is 32.0 Å². The number of nitrogens with one attached hydrogen (secondary N) is 1. The Bertz CT molecular complexity index is 373. The van der Waals surface area contributed by atoms with Crippen LogP contribution in [0.2, 0.25) is 0 Å². The zero-order valence-electron chi connectivity index (χ0n) is 11.2. The average Bonchev–Trinajstić information content (AvgIpc) is 2.94. The van der Waals surface area contributed by atoms with Gasteiger partial charge in [-0.1, -0.05) is 17.7 Å². The van der Waals surface area contributed by atoms with Crippen LogP contribution in [-0.2, 0) is 0 Å². The molecule has 3 heteroatoms. The molecule has 2 aliphatic rings. The predicted octanol–water partition coefficient (Wildman–Crippen LogP) is 1.48. The van der Waals surface area contributed by atoms with Gasteiger partial charge in [0.2, 0.25) is 0 Å². The van der Waals surface area contributed by atoms with Crippen LogP contribution in [0.5, 0.6) is 0 Å². The summed E-state index contributed by atoms with van der Waals surface area (Å²) in [6, 6.07) is 9.71. The molecule has 0 spiro atoms. The summed E-state index contributed by atoms with van der Waals surface area (Å²) in [6.07, 6.45) is 1.32. The number of nitrogens with zero attached hydrogens (tertiary/aromatic N) is 2. The molecular formula is C15H23N3. The highest BCUT2D eigenvalue weighted by Gasteiger charge is 2.25. The zero-order valence-corrected chi connectivity index (χ0v) is 11.2. The first-order chi connectivity index (χ1) is 8.83. The molecule has 1 atom stereocenters. The molecular weight excluding hydrogens is 222 g/mol. The van der Waals surface area contributed by atoms with Crippen LogP contribution in [0.3, 0.4) is 0 Å². The van der Waals surface area contributed by atoms with E-state index in [0.29, 0.717) is 0 Å². The minimum atomic E-state index is 0.783. The largest absolute Gasteiger partial charge is 0.369 e. The van der Waals surface area contributed by atoms with Crippen molar-refractivity contribution in [2.45, 2.75) is 19.4 Å². The number of anilines is 1. The van der Waals surface area contributed by atoms with Crippen molar-refractivity contribution >= 4 is 5.69 Å². The second-order valence-corrected chi connectivity index (χ2v) is 5.51. The monoisotopic (exact) mass is 245 g/mol. The topological polar surface area (TPSA) is 18.5 Å². The van der Waals surface area contributed by atoms with E-state index in [1.54, 1.807) is 0 Å². The van der Waals surface area contributed by atoms with Crippen molar-refractivity contribution < 1.29 is 0 Å². The average molecular weight is 245 g/mol. The quantitative estimate of drug-likeness (QED) is 0.851. The number of piperazine rings is 1. The van der Waals surface area contributed by atoms with Gasteiger partial charge in [-0.25, -0.2) is 0 Å². The maximum Gasteiger partial charge on any atom is 0.0367 e. The molecule has 0 radical (unpaired) electrons. The SMILES string of the molecule is Cc1ccc(N2CCN(C3CCNC3)CC2)cc1. The fourth-order valence-electron chi connectivity index (χ4n) is 3.05. The molecule has 0 aliphatic carbocycles. The smallest absolute Gasteiger partial charge is 0.0367 e. The van der Waals surface area contributed by atoms with Crippen LogP contribution in [0.25, 0.3) is 0 Å². The number of benzene rings is 1. The lowest BCUT2D eigenvalue weighted by Gasteiger charge is -2.39. The lowest BCUT2D eigenvalue weighted by Crippen LogP contribution is -2.51. The van der Waals surface area contributed by atoms with E-state index in [9.17, 15) is 0 Å². The molecule has 2 aliphatic heterocycles. The first-order valence-electron chi connectivity index (χ1n) is 7.09. The van der Waals surface area contributed by atoms with E-state index in [2.05, 4.69) is 46.3 Å². The van der Waals surface area contributed by atoms with Crippen molar-refractivity contribution in [2.24, 2.45) is 0 Å². The molecule has 2 saturated heterocycles. The summed E-state index contributed by atoms with van der Waals surface area (Å²) in [5.41, 5.74) is 2.72. The van der Waals surface area contributed by atoms with Gasteiger partial charge >= 0.3 is 0 Å². The predicted molar refractivity (Wildman–Crippen MR) is 76.2 cm³/mol. The van der Waals surface area contributed by atoms with E-state index >= 15 is 0 Å². The second-order valence-electron chi connectivity index (χ2n) is 5.51. The fraction of sp³-hybridized carbons (Fsp3) is 0.600. The highest BCUT2D eigenvalue weighted by Crippen LogP contribution is 2.19. The van der Waals surface area contributed by atoms with Crippen LogP contribution in [-0.4, -0.2) is 50.2 Å². The molecule has 3 nitrogen and oxygen atoms in total. The van der Waals surface area contributed by atoms with Gasteiger partial charge in [-0.3, -0.25) is 4.90 Å². The lowest BCUT2D eigenvalue weighted by atomic mass is 10.1. The maximum atomic E-state index is 3.46. The number of aryl methyl sites for hydroxylation is 1. The van der Waals surface area contributed by atoms with Crippen LogP contribution in [0, 0.1) is 6.92 Å². The van der Waals surface area contributed by atoms with Gasteiger partial charge in [0, 0.05) is 44.5 Å². The Hall–Kier alpha value is -1.06. The maximum absolute atomic E-state index is 3.46. The Labute approximate surface area is 110 Å². The summed E-state index contributed by atoms with van der Waals surface area (Å²) < 4.78 is 0. The summed E-state index contributed by atoms with van der Waals surface area (Å²) in [4.78, 5) is 5.17. The third-order valence-electron chi connectivity index (χ3n) is 4.26. The first kappa shape index (κ1) is 12.0. The van der Waals surface area contributed by atoms with Gasteiger partial charge in [0.05, 0.1) is 0 Å². The summed E-state index contributed by atoms with van der Waals surface area (Å²) in [6.45, 7) is 9.28. The van der Waals surface area contributed by atoms with Gasteiger partial charge in [-0.15, -0.1) is 0 Å². The highest BCUT2D eigenvalue weighted by atomic mass is 15.3. The zero-order chi connectivity index (χ0) is 12.4. The Kier molecular flexibility index (Phi) is 3.52. The van der Waals surface area contributed by atoms with Crippen molar-refractivity contribution in [1.82, 2.24) is 10.2 Å². The third kappa shape index (κ3) is 2.52. The van der Waals surface area contributed by atoms with Gasteiger partial charge < -0.3 is 10.2 Å². The van der Waals surface area contributed by atoms with E-state index in [0.717, 1.165) is 6.04 Å². The Balaban J connectivity index is 1.57. The van der Waals surface area contributed by atoms with Crippen LogP contribution in [0.15, 0.2) is 24.3 Å². The number of hydrogen-bond donors (Lipinski definition) is 1. The normalized spacial score (nSPS) is 25.6. The van der Waals surface area contributed by atoms with Crippen LogP contribution < -0.4 is 10.2 Å². The van der Waals surface area contributed by atoms with Gasteiger partial charge in [0.1, 0.15) is 0 Å². The summed E-state index contributed by atoms with van der Waals surface area (Å²) in [7, 11) is 0. The second kappa shape index (κ2) is 5.29. The van der Waals surface area contributed by atoms with Crippen LogP contribution >= 0.6 is 0 Å². The molecule has 1 N–H and O–H groups in total.